The van der Waals surface area contributed by atoms with Gasteiger partial charge in [0.1, 0.15) is 10.9 Å². The number of nitriles is 1. The molecule has 0 saturated heterocycles. The van der Waals surface area contributed by atoms with Gasteiger partial charge in [0.25, 0.3) is 0 Å². The number of amides is 1. The van der Waals surface area contributed by atoms with Gasteiger partial charge in [0.05, 0.1) is 20.0 Å². The van der Waals surface area contributed by atoms with E-state index in [1.807, 2.05) is 11.5 Å². The summed E-state index contributed by atoms with van der Waals surface area (Å²) in [6, 6.07) is 10.6. The molecule has 3 aromatic rings. The number of carbonyl (C=O) groups excluding carboxylic acids is 1. The maximum Gasteiger partial charge on any atom is 0.235 e. The summed E-state index contributed by atoms with van der Waals surface area (Å²) < 4.78 is 16.3. The molecule has 0 aliphatic carbocycles. The lowest BCUT2D eigenvalue weighted by Crippen LogP contribution is -2.13. The van der Waals surface area contributed by atoms with Crippen LogP contribution in [-0.4, -0.2) is 30.9 Å². The van der Waals surface area contributed by atoms with Crippen LogP contribution in [0.3, 0.4) is 0 Å². The highest BCUT2D eigenvalue weighted by atomic mass is 32.2. The number of hydrogen-bond donors (Lipinski definition) is 1. The van der Waals surface area contributed by atoms with E-state index >= 15 is 0 Å². The molecule has 132 valence electrons. The van der Waals surface area contributed by atoms with E-state index in [0.717, 1.165) is 17.3 Å². The van der Waals surface area contributed by atoms with Gasteiger partial charge in [-0.05, 0) is 42.1 Å². The first-order chi connectivity index (χ1) is 12.6. The van der Waals surface area contributed by atoms with E-state index in [4.69, 9.17) is 19.2 Å². The fraction of sp³-hybridized carbons (Fsp3) is 0.167. The molecule has 1 aromatic heterocycles. The van der Waals surface area contributed by atoms with Gasteiger partial charge in [0.2, 0.25) is 11.8 Å². The molecule has 0 saturated carbocycles. The second kappa shape index (κ2) is 7.80. The van der Waals surface area contributed by atoms with Crippen molar-refractivity contribution >= 4 is 34.5 Å². The molecule has 0 aliphatic heterocycles. The molecule has 1 heterocycles. The Morgan fingerprint density at radius 2 is 2.04 bits per heavy atom. The highest BCUT2D eigenvalue weighted by molar-refractivity contribution is 8.04. The summed E-state index contributed by atoms with van der Waals surface area (Å²) in [5.41, 5.74) is 2.53. The van der Waals surface area contributed by atoms with Crippen LogP contribution in [0.2, 0.25) is 0 Å². The number of anilines is 1. The first kappa shape index (κ1) is 17.6. The molecule has 26 heavy (non-hydrogen) atoms. The van der Waals surface area contributed by atoms with Gasteiger partial charge in [-0.15, -0.1) is 0 Å². The third-order valence-corrected chi connectivity index (χ3v) is 4.11. The summed E-state index contributed by atoms with van der Waals surface area (Å²) in [5.74, 6) is 1.45. The predicted molar refractivity (Wildman–Crippen MR) is 99.2 cm³/mol. The van der Waals surface area contributed by atoms with Gasteiger partial charge in [0.15, 0.2) is 17.1 Å². The second-order valence-electron chi connectivity index (χ2n) is 5.20. The number of fused-ring (bicyclic) bond motifs is 1. The minimum absolute atomic E-state index is 0.0713. The molecule has 0 spiro atoms. The summed E-state index contributed by atoms with van der Waals surface area (Å²) in [5, 5.41) is 13.1. The van der Waals surface area contributed by atoms with Gasteiger partial charge >= 0.3 is 0 Å². The minimum atomic E-state index is -0.254. The van der Waals surface area contributed by atoms with Crippen molar-refractivity contribution in [3.63, 3.8) is 0 Å². The van der Waals surface area contributed by atoms with Crippen LogP contribution in [0.4, 0.5) is 5.69 Å². The quantitative estimate of drug-likeness (QED) is 0.662. The van der Waals surface area contributed by atoms with Crippen LogP contribution in [0.15, 0.2) is 40.8 Å². The Morgan fingerprint density at radius 3 is 2.77 bits per heavy atom. The largest absolute Gasteiger partial charge is 0.493 e. The summed E-state index contributed by atoms with van der Waals surface area (Å²) in [4.78, 5) is 16.2. The van der Waals surface area contributed by atoms with Gasteiger partial charge in [-0.3, -0.25) is 4.79 Å². The zero-order valence-electron chi connectivity index (χ0n) is 14.1. The standard InChI is InChI=1S/C18H15N3O4S/c1-23-14-6-3-11(7-16(14)24-2)18-21-13-5-4-12(8-15(13)25-18)20-17(22)9-26-10-19/h3-8H,9H2,1-2H3,(H,20,22). The number of nitrogens with zero attached hydrogens (tertiary/aromatic N) is 2. The third-order valence-electron chi connectivity index (χ3n) is 3.57. The number of nitrogens with one attached hydrogen (secondary N) is 1. The first-order valence-electron chi connectivity index (χ1n) is 7.58. The van der Waals surface area contributed by atoms with E-state index in [1.165, 1.54) is 0 Å². The monoisotopic (exact) mass is 369 g/mol. The highest BCUT2D eigenvalue weighted by Gasteiger charge is 2.13. The summed E-state index contributed by atoms with van der Waals surface area (Å²) in [6.07, 6.45) is 0. The number of hydrogen-bond acceptors (Lipinski definition) is 7. The number of rotatable bonds is 6. The number of carbonyl (C=O) groups is 1. The zero-order valence-corrected chi connectivity index (χ0v) is 14.9. The van der Waals surface area contributed by atoms with Crippen molar-refractivity contribution in [2.75, 3.05) is 25.3 Å². The number of thiocyanates is 1. The molecule has 1 amide bonds. The van der Waals surface area contributed by atoms with Gasteiger partial charge in [-0.25, -0.2) is 4.98 Å². The minimum Gasteiger partial charge on any atom is -0.493 e. The van der Waals surface area contributed by atoms with Crippen LogP contribution < -0.4 is 14.8 Å². The molecule has 0 unspecified atom stereocenters. The molecule has 2 aromatic carbocycles. The molecular formula is C18H15N3O4S. The van der Waals surface area contributed by atoms with E-state index in [1.54, 1.807) is 44.6 Å². The molecule has 0 bridgehead atoms. The van der Waals surface area contributed by atoms with E-state index < -0.39 is 0 Å². The van der Waals surface area contributed by atoms with Gasteiger partial charge < -0.3 is 19.2 Å². The second-order valence-corrected chi connectivity index (χ2v) is 5.96. The van der Waals surface area contributed by atoms with Crippen LogP contribution in [0, 0.1) is 10.7 Å². The summed E-state index contributed by atoms with van der Waals surface area (Å²) in [6.45, 7) is 0. The Kier molecular flexibility index (Phi) is 5.29. The highest BCUT2D eigenvalue weighted by Crippen LogP contribution is 2.33. The lowest BCUT2D eigenvalue weighted by molar-refractivity contribution is -0.113. The smallest absolute Gasteiger partial charge is 0.235 e. The van der Waals surface area contributed by atoms with Crippen molar-refractivity contribution in [1.29, 1.82) is 5.26 Å². The van der Waals surface area contributed by atoms with Crippen molar-refractivity contribution in [2.24, 2.45) is 0 Å². The van der Waals surface area contributed by atoms with Gasteiger partial charge in [-0.1, -0.05) is 0 Å². The third kappa shape index (κ3) is 3.73. The first-order valence-corrected chi connectivity index (χ1v) is 8.57. The van der Waals surface area contributed by atoms with Gasteiger partial charge in [0, 0.05) is 17.3 Å². The summed E-state index contributed by atoms with van der Waals surface area (Å²) >= 11 is 0.883. The molecular weight excluding hydrogens is 354 g/mol. The number of benzene rings is 2. The maximum atomic E-state index is 11.7. The number of ether oxygens (including phenoxy) is 2. The molecule has 1 N–H and O–H groups in total. The SMILES string of the molecule is COc1ccc(-c2nc3ccc(NC(=O)CSC#N)cc3o2)cc1OC. The van der Waals surface area contributed by atoms with Crippen LogP contribution in [-0.2, 0) is 4.79 Å². The van der Waals surface area contributed by atoms with Gasteiger partial charge in [-0.2, -0.15) is 5.26 Å². The average molecular weight is 369 g/mol. The lowest BCUT2D eigenvalue weighted by atomic mass is 10.2. The average Bonchev–Trinajstić information content (AvgIpc) is 3.09. The van der Waals surface area contributed by atoms with Crippen molar-refractivity contribution in [1.82, 2.24) is 4.98 Å². The predicted octanol–water partition coefficient (Wildman–Crippen LogP) is 3.66. The van der Waals surface area contributed by atoms with Crippen LogP contribution in [0.5, 0.6) is 11.5 Å². The molecule has 3 rings (SSSR count). The Balaban J connectivity index is 1.88. The van der Waals surface area contributed by atoms with E-state index in [2.05, 4.69) is 10.3 Å². The van der Waals surface area contributed by atoms with E-state index in [0.29, 0.717) is 34.2 Å². The number of aromatic nitrogens is 1. The lowest BCUT2D eigenvalue weighted by Gasteiger charge is -2.07. The maximum absolute atomic E-state index is 11.7. The van der Waals surface area contributed by atoms with E-state index in [-0.39, 0.29) is 11.7 Å². The topological polar surface area (TPSA) is 97.4 Å². The fourth-order valence-electron chi connectivity index (χ4n) is 2.39. The number of oxazole rings is 1. The Labute approximate surface area is 153 Å². The summed E-state index contributed by atoms with van der Waals surface area (Å²) in [7, 11) is 3.13. The Bertz CT molecular complexity index is 994. The van der Waals surface area contributed by atoms with Crippen molar-refractivity contribution in [2.45, 2.75) is 0 Å². The van der Waals surface area contributed by atoms with Crippen molar-refractivity contribution < 1.29 is 18.7 Å². The molecule has 0 atom stereocenters. The molecule has 0 aliphatic rings. The zero-order chi connectivity index (χ0) is 18.5. The molecule has 8 heteroatoms. The molecule has 7 nitrogen and oxygen atoms in total. The fourth-order valence-corrected chi connectivity index (χ4v) is 2.66. The number of thioether (sulfide) groups is 1. The molecule has 0 fully saturated rings. The van der Waals surface area contributed by atoms with Crippen molar-refractivity contribution in [3.05, 3.63) is 36.4 Å². The normalized spacial score (nSPS) is 10.3. The number of methoxy groups -OCH3 is 2. The Hall–Kier alpha value is -3.18. The Morgan fingerprint density at radius 1 is 1.23 bits per heavy atom. The van der Waals surface area contributed by atoms with Crippen LogP contribution >= 0.6 is 11.8 Å². The molecule has 0 radical (unpaired) electrons. The van der Waals surface area contributed by atoms with Crippen LogP contribution in [0.1, 0.15) is 0 Å². The van der Waals surface area contributed by atoms with Crippen LogP contribution in [0.25, 0.3) is 22.6 Å². The van der Waals surface area contributed by atoms with E-state index in [9.17, 15) is 4.79 Å². The van der Waals surface area contributed by atoms with Crippen molar-refractivity contribution in [3.8, 4) is 28.4 Å².